The molecule has 0 aromatic heterocycles. The van der Waals surface area contributed by atoms with E-state index in [1.165, 1.54) is 81.6 Å². The summed E-state index contributed by atoms with van der Waals surface area (Å²) in [6.07, 6.45) is -20.1. The Balaban J connectivity index is 1.23. The SMILES string of the molecule is CNC(CC(C)C)C(=O)NC1C(=O)CC(CC(N)=O)C(=O)NC2C(=O)CC3C(=O)CC(C(=O)NCc4cc(O)cc(O)c4-c4cc3ccc4O)[C@@H](O)c3ccc(c(Cl)c3)Oc3cc2cc(c3OC2OC(CO)C(O)C(O)C2OC2CC(C)(N)C(O)C(C)O2)Oc2ccc(cc2Cl)C1O. The number of carbonyl (C=O) groups excluding carboxylic acids is 7. The van der Waals surface area contributed by atoms with E-state index in [4.69, 9.17) is 63.1 Å². The molecule has 17 N–H and O–H groups in total. The fraction of sp³-hybridized carbons (Fsp3) is 0.456. The highest BCUT2D eigenvalue weighted by molar-refractivity contribution is 6.32. The Morgan fingerprint density at radius 3 is 2.00 bits per heavy atom. The lowest BCUT2D eigenvalue weighted by Crippen LogP contribution is -2.64. The quantitative estimate of drug-likeness (QED) is 0.0849. The molecule has 12 rings (SSSR count). The van der Waals surface area contributed by atoms with Gasteiger partial charge < -0.3 is 107 Å². The Labute approximate surface area is 571 Å². The van der Waals surface area contributed by atoms with Gasteiger partial charge in [-0.15, -0.1) is 0 Å². The maximum absolute atomic E-state index is 16.1. The molecule has 526 valence electrons. The number of Topliss-reactive ketones (excluding diaryl/α,β-unsaturated/α-hetero) is 3. The lowest BCUT2D eigenvalue weighted by atomic mass is 9.80. The number of aliphatic hydroxyl groups is 6. The summed E-state index contributed by atoms with van der Waals surface area (Å²) >= 11 is 14.2. The summed E-state index contributed by atoms with van der Waals surface area (Å²) in [5.74, 6) is -15.8. The smallest absolute Gasteiger partial charge is 0.237 e. The summed E-state index contributed by atoms with van der Waals surface area (Å²) in [6, 6.07) is 10.9. The topological polar surface area (TPSA) is 457 Å². The first-order valence-corrected chi connectivity index (χ1v) is 32.5. The largest absolute Gasteiger partial charge is 0.508 e. The first-order valence-electron chi connectivity index (χ1n) is 31.7. The Bertz CT molecular complexity index is 3910. The van der Waals surface area contributed by atoms with Gasteiger partial charge in [0.05, 0.1) is 52.8 Å². The van der Waals surface area contributed by atoms with Crippen molar-refractivity contribution in [2.24, 2.45) is 29.2 Å². The lowest BCUT2D eigenvalue weighted by Gasteiger charge is -2.47. The summed E-state index contributed by atoms with van der Waals surface area (Å²) in [7, 11) is 1.51. The molecular formula is C68H78Cl2N6O22. The number of aliphatic hydroxyl groups excluding tert-OH is 6. The lowest BCUT2D eigenvalue weighted by molar-refractivity contribution is -0.333. The summed E-state index contributed by atoms with van der Waals surface area (Å²) in [5.41, 5.74) is 10.3. The third kappa shape index (κ3) is 15.5. The molecule has 5 aromatic carbocycles. The normalized spacial score (nSPS) is 29.5. The minimum Gasteiger partial charge on any atom is -0.508 e. The number of hydrogen-bond acceptors (Lipinski definition) is 24. The van der Waals surface area contributed by atoms with Gasteiger partial charge in [0.15, 0.2) is 35.5 Å². The van der Waals surface area contributed by atoms with Crippen LogP contribution in [0.5, 0.6) is 46.0 Å². The summed E-state index contributed by atoms with van der Waals surface area (Å²) in [4.78, 5) is 104. The first kappa shape index (κ1) is 72.7. The van der Waals surface area contributed by atoms with Crippen LogP contribution in [-0.2, 0) is 54.3 Å². The van der Waals surface area contributed by atoms with Crippen molar-refractivity contribution in [3.05, 3.63) is 117 Å². The number of nitrogens with one attached hydrogen (secondary N) is 4. The molecule has 7 aliphatic heterocycles. The molecule has 30 heteroatoms. The van der Waals surface area contributed by atoms with Gasteiger partial charge in [0.25, 0.3) is 0 Å². The van der Waals surface area contributed by atoms with Gasteiger partial charge in [-0.25, -0.2) is 0 Å². The number of aromatic hydroxyl groups is 3. The van der Waals surface area contributed by atoms with Gasteiger partial charge in [-0.05, 0) is 116 Å². The monoisotopic (exact) mass is 1400 g/mol. The number of ether oxygens (including phenoxy) is 6. The highest BCUT2D eigenvalue weighted by Crippen LogP contribution is 2.50. The first-order chi connectivity index (χ1) is 46.3. The van der Waals surface area contributed by atoms with Crippen LogP contribution in [0.3, 0.4) is 0 Å². The summed E-state index contributed by atoms with van der Waals surface area (Å²) in [6.45, 7) is 5.38. The number of primary amides is 1. The number of fused-ring (bicyclic) bond motifs is 15. The molecule has 0 aliphatic carbocycles. The molecule has 98 heavy (non-hydrogen) atoms. The molecule has 7 aliphatic rings. The third-order valence-corrected chi connectivity index (χ3v) is 18.9. The van der Waals surface area contributed by atoms with Crippen LogP contribution in [0.2, 0.25) is 10.0 Å². The number of benzene rings is 5. The average Bonchev–Trinajstić information content (AvgIpc) is 0.777. The minimum atomic E-state index is -2.09. The van der Waals surface area contributed by atoms with E-state index in [9.17, 15) is 65.1 Å². The van der Waals surface area contributed by atoms with E-state index in [1.54, 1.807) is 0 Å². The molecule has 7 heterocycles. The number of amides is 4. The van der Waals surface area contributed by atoms with Gasteiger partial charge in [-0.2, -0.15) is 0 Å². The van der Waals surface area contributed by atoms with Crippen molar-refractivity contribution in [1.29, 1.82) is 0 Å². The van der Waals surface area contributed by atoms with Crippen molar-refractivity contribution in [2.75, 3.05) is 13.7 Å². The maximum Gasteiger partial charge on any atom is 0.237 e. The number of phenolic OH excluding ortho intramolecular Hbond substituents is 3. The van der Waals surface area contributed by atoms with Gasteiger partial charge in [0.2, 0.25) is 35.7 Å². The zero-order valence-corrected chi connectivity index (χ0v) is 55.2. The number of halogens is 2. The maximum atomic E-state index is 16.1. The van der Waals surface area contributed by atoms with Gasteiger partial charge in [-0.3, -0.25) is 33.6 Å². The predicted molar refractivity (Wildman–Crippen MR) is 346 cm³/mol. The molecule has 4 amide bonds. The van der Waals surface area contributed by atoms with Crippen molar-refractivity contribution >= 4 is 64.2 Å². The molecule has 0 radical (unpaired) electrons. The van der Waals surface area contributed by atoms with E-state index in [0.29, 0.717) is 0 Å². The fourth-order valence-corrected chi connectivity index (χ4v) is 13.5. The second-order valence-corrected chi connectivity index (χ2v) is 26.9. The molecule has 0 saturated carbocycles. The molecule has 28 nitrogen and oxygen atoms in total. The van der Waals surface area contributed by atoms with Gasteiger partial charge in [-0.1, -0.05) is 55.2 Å². The van der Waals surface area contributed by atoms with Gasteiger partial charge in [0, 0.05) is 67.3 Å². The van der Waals surface area contributed by atoms with Crippen LogP contribution >= 0.6 is 23.2 Å². The van der Waals surface area contributed by atoms with Gasteiger partial charge >= 0.3 is 0 Å². The molecule has 2 fully saturated rings. The second kappa shape index (κ2) is 29.8. The highest BCUT2D eigenvalue weighted by Gasteiger charge is 2.51. The van der Waals surface area contributed by atoms with E-state index in [2.05, 4.69) is 21.3 Å². The van der Waals surface area contributed by atoms with Gasteiger partial charge in [0.1, 0.15) is 71.0 Å². The van der Waals surface area contributed by atoms with Crippen LogP contribution in [0.25, 0.3) is 11.1 Å². The van der Waals surface area contributed by atoms with Crippen molar-refractivity contribution < 1.29 is 108 Å². The van der Waals surface area contributed by atoms with E-state index < -0.39 is 217 Å². The number of rotatable bonds is 12. The van der Waals surface area contributed by atoms with Crippen LogP contribution in [0, 0.1) is 17.8 Å². The van der Waals surface area contributed by atoms with Crippen LogP contribution in [-0.4, -0.2) is 167 Å². The molecule has 0 spiro atoms. The molecule has 11 bridgehead atoms. The highest BCUT2D eigenvalue weighted by atomic mass is 35.5. The predicted octanol–water partition coefficient (Wildman–Crippen LogP) is 3.55. The number of likely N-dealkylation sites (N-methyl/N-ethyl adjacent to an activating group) is 1. The zero-order chi connectivity index (χ0) is 71.1. The van der Waals surface area contributed by atoms with Crippen LogP contribution in [0.15, 0.2) is 78.9 Å². The van der Waals surface area contributed by atoms with Crippen LogP contribution in [0.1, 0.15) is 118 Å². The van der Waals surface area contributed by atoms with Crippen molar-refractivity contribution in [3.63, 3.8) is 0 Å². The number of ketones is 3. The Morgan fingerprint density at radius 1 is 0.755 bits per heavy atom. The molecule has 2 saturated heterocycles. The van der Waals surface area contributed by atoms with Crippen molar-refractivity contribution in [1.82, 2.24) is 21.3 Å². The second-order valence-electron chi connectivity index (χ2n) is 26.1. The Morgan fingerprint density at radius 2 is 1.40 bits per heavy atom. The summed E-state index contributed by atoms with van der Waals surface area (Å²) in [5, 5.41) is 113. The van der Waals surface area contributed by atoms with E-state index in [1.807, 2.05) is 13.8 Å². The fourth-order valence-electron chi connectivity index (χ4n) is 13.0. The van der Waals surface area contributed by atoms with Crippen LogP contribution < -0.4 is 46.9 Å². The third-order valence-electron chi connectivity index (χ3n) is 18.3. The number of phenols is 3. The molecule has 17 atom stereocenters. The molecule has 5 aromatic rings. The average molecular weight is 1400 g/mol. The number of carbonyl (C=O) groups is 7. The number of nitrogens with two attached hydrogens (primary N) is 2. The van der Waals surface area contributed by atoms with Crippen molar-refractivity contribution in [3.8, 4) is 57.1 Å². The zero-order valence-electron chi connectivity index (χ0n) is 53.7. The van der Waals surface area contributed by atoms with Crippen molar-refractivity contribution in [2.45, 2.75) is 164 Å². The van der Waals surface area contributed by atoms with E-state index in [0.717, 1.165) is 18.2 Å². The Kier molecular flexibility index (Phi) is 22.1. The standard InChI is InChI=1S/C68H78Cl2N6O22/c1-27(2)12-41(73-5)66(92)76-56-45(82)17-33(20-52(71)84)64(90)75-55-32-18-49(61(50(19-32)95-48-11-8-31(58(56)86)16-40(48)70)98-67-62(60(88)59(87)51(26-77)96-67)97-53-24-68(4,72)63(89)28(3)93-53)94-47-10-7-30(15-39(47)69)57(85)38-23-43(80)36(22-46(55)83)29-6-9-42(79)37(14-29)54-34(25-74-65(38)91)13-35(78)21-44(54)81/h6-11,13-16,18-19,21,27-28,33,36,38,41,51,53,55-60,62-63,67,73,77-79,81,85-89H,12,17,20,22-26,72H2,1-5H3,(H2,71,84)(H,74,91)(H,75,90)(H,76,92)/t28?,33?,36?,38?,41?,51?,53?,55?,56?,57-,58?,59?,60?,62?,63?,67?,68?/m0/s1. The summed E-state index contributed by atoms with van der Waals surface area (Å²) < 4.78 is 38.6. The van der Waals surface area contributed by atoms with Crippen LogP contribution in [0.4, 0.5) is 0 Å². The van der Waals surface area contributed by atoms with E-state index in [-0.39, 0.29) is 79.2 Å². The Hall–Kier alpha value is -8.07. The molecule has 16 unspecified atom stereocenters. The number of hydrogen-bond donors (Lipinski definition) is 15. The molecular weight excluding hydrogens is 1320 g/mol. The van der Waals surface area contributed by atoms with E-state index >= 15 is 14.4 Å². The minimum absolute atomic E-state index is 0.0254.